The lowest BCUT2D eigenvalue weighted by Crippen LogP contribution is -2.39. The number of imidazole rings is 1. The maximum absolute atomic E-state index is 4.36. The van der Waals surface area contributed by atoms with Gasteiger partial charge in [0.2, 0.25) is 0 Å². The van der Waals surface area contributed by atoms with E-state index in [9.17, 15) is 0 Å². The minimum absolute atomic E-state index is 0.305. The molecule has 1 aliphatic rings. The molecule has 0 aliphatic carbocycles. The van der Waals surface area contributed by atoms with Gasteiger partial charge in [0.05, 0.1) is 6.33 Å². The molecule has 0 saturated carbocycles. The number of hydrogen-bond acceptors (Lipinski definition) is 3. The SMILES string of the molecule is CSC(C)Cn1cncc1C1(C)CCNCC1. The van der Waals surface area contributed by atoms with Crippen molar-refractivity contribution in [3.63, 3.8) is 0 Å². The van der Waals surface area contributed by atoms with Crippen molar-refractivity contribution in [1.29, 1.82) is 0 Å². The van der Waals surface area contributed by atoms with Gasteiger partial charge in [-0.15, -0.1) is 0 Å². The number of thioether (sulfide) groups is 1. The summed E-state index contributed by atoms with van der Waals surface area (Å²) in [5.41, 5.74) is 1.72. The van der Waals surface area contributed by atoms with Crippen molar-refractivity contribution in [3.8, 4) is 0 Å². The van der Waals surface area contributed by atoms with Gasteiger partial charge >= 0.3 is 0 Å². The van der Waals surface area contributed by atoms with Gasteiger partial charge in [-0.05, 0) is 32.2 Å². The summed E-state index contributed by atoms with van der Waals surface area (Å²) < 4.78 is 2.35. The van der Waals surface area contributed by atoms with Gasteiger partial charge in [-0.3, -0.25) is 0 Å². The van der Waals surface area contributed by atoms with E-state index < -0.39 is 0 Å². The monoisotopic (exact) mass is 253 g/mol. The molecule has 0 radical (unpaired) electrons. The van der Waals surface area contributed by atoms with Crippen LogP contribution in [0.3, 0.4) is 0 Å². The summed E-state index contributed by atoms with van der Waals surface area (Å²) >= 11 is 1.92. The molecule has 2 heterocycles. The second-order valence-electron chi connectivity index (χ2n) is 5.29. The summed E-state index contributed by atoms with van der Waals surface area (Å²) in [4.78, 5) is 4.36. The highest BCUT2D eigenvalue weighted by molar-refractivity contribution is 7.99. The van der Waals surface area contributed by atoms with E-state index >= 15 is 0 Å². The molecule has 1 N–H and O–H groups in total. The molecule has 1 aliphatic heterocycles. The molecule has 1 saturated heterocycles. The van der Waals surface area contributed by atoms with E-state index in [0.29, 0.717) is 10.7 Å². The van der Waals surface area contributed by atoms with Gasteiger partial charge in [0.1, 0.15) is 0 Å². The van der Waals surface area contributed by atoms with Crippen molar-refractivity contribution in [2.75, 3.05) is 19.3 Å². The van der Waals surface area contributed by atoms with Crippen LogP contribution in [0.15, 0.2) is 12.5 Å². The van der Waals surface area contributed by atoms with Crippen molar-refractivity contribution in [2.45, 2.75) is 43.9 Å². The van der Waals surface area contributed by atoms with Crippen LogP contribution in [0.25, 0.3) is 0 Å². The molecular weight excluding hydrogens is 230 g/mol. The number of aromatic nitrogens is 2. The molecule has 0 spiro atoms. The Bertz CT molecular complexity index is 355. The zero-order valence-corrected chi connectivity index (χ0v) is 11.9. The molecule has 1 fully saturated rings. The molecule has 96 valence electrons. The quantitative estimate of drug-likeness (QED) is 0.893. The van der Waals surface area contributed by atoms with E-state index in [1.165, 1.54) is 18.5 Å². The lowest BCUT2D eigenvalue weighted by atomic mass is 9.78. The lowest BCUT2D eigenvalue weighted by molar-refractivity contribution is 0.316. The fourth-order valence-corrected chi connectivity index (χ4v) is 2.86. The van der Waals surface area contributed by atoms with Crippen molar-refractivity contribution in [1.82, 2.24) is 14.9 Å². The van der Waals surface area contributed by atoms with Crippen LogP contribution < -0.4 is 5.32 Å². The summed E-state index contributed by atoms with van der Waals surface area (Å²) in [6.07, 6.45) is 8.67. The van der Waals surface area contributed by atoms with Crippen LogP contribution in [0, 0.1) is 0 Å². The van der Waals surface area contributed by atoms with Crippen molar-refractivity contribution in [3.05, 3.63) is 18.2 Å². The predicted octanol–water partition coefficient (Wildman–Crippen LogP) is 2.28. The first kappa shape index (κ1) is 13.0. The summed E-state index contributed by atoms with van der Waals surface area (Å²) in [6.45, 7) is 7.98. The highest BCUT2D eigenvalue weighted by atomic mass is 32.2. The molecule has 1 aromatic heterocycles. The molecule has 1 unspecified atom stereocenters. The fraction of sp³-hybridized carbons (Fsp3) is 0.769. The molecular formula is C13H23N3S. The Morgan fingerprint density at radius 2 is 2.24 bits per heavy atom. The average molecular weight is 253 g/mol. The van der Waals surface area contributed by atoms with Gasteiger partial charge in [0.15, 0.2) is 0 Å². The van der Waals surface area contributed by atoms with Gasteiger partial charge in [-0.2, -0.15) is 11.8 Å². The van der Waals surface area contributed by atoms with Crippen LogP contribution in [0.1, 0.15) is 32.4 Å². The fourth-order valence-electron chi connectivity index (χ4n) is 2.56. The van der Waals surface area contributed by atoms with Gasteiger partial charge in [0.25, 0.3) is 0 Å². The van der Waals surface area contributed by atoms with E-state index in [0.717, 1.165) is 19.6 Å². The molecule has 0 amide bonds. The minimum Gasteiger partial charge on any atom is -0.333 e. The van der Waals surface area contributed by atoms with Crippen molar-refractivity contribution in [2.24, 2.45) is 0 Å². The van der Waals surface area contributed by atoms with Gasteiger partial charge in [-0.25, -0.2) is 4.98 Å². The Morgan fingerprint density at radius 3 is 2.88 bits per heavy atom. The van der Waals surface area contributed by atoms with E-state index in [1.54, 1.807) is 0 Å². The minimum atomic E-state index is 0.305. The third-order valence-corrected chi connectivity index (χ3v) is 4.85. The normalized spacial score (nSPS) is 21.4. The van der Waals surface area contributed by atoms with Crippen LogP contribution >= 0.6 is 11.8 Å². The molecule has 2 rings (SSSR count). The summed E-state index contributed by atoms with van der Waals surface area (Å²) in [7, 11) is 0. The molecule has 4 heteroatoms. The first-order chi connectivity index (χ1) is 8.15. The predicted molar refractivity (Wildman–Crippen MR) is 74.7 cm³/mol. The Balaban J connectivity index is 2.17. The van der Waals surface area contributed by atoms with E-state index in [2.05, 4.69) is 41.2 Å². The maximum atomic E-state index is 4.36. The first-order valence-corrected chi connectivity index (χ1v) is 7.68. The third kappa shape index (κ3) is 2.86. The molecule has 1 aromatic rings. The highest BCUT2D eigenvalue weighted by Crippen LogP contribution is 2.32. The lowest BCUT2D eigenvalue weighted by Gasteiger charge is -2.35. The Morgan fingerprint density at radius 1 is 1.53 bits per heavy atom. The van der Waals surface area contributed by atoms with E-state index in [4.69, 9.17) is 0 Å². The Labute approximate surface area is 108 Å². The standard InChI is InChI=1S/C13H23N3S/c1-11(17-3)9-16-10-15-8-12(16)13(2)4-6-14-7-5-13/h8,10-11,14H,4-7,9H2,1-3H3. The number of piperidine rings is 1. The Kier molecular flexibility index (Phi) is 4.15. The molecule has 17 heavy (non-hydrogen) atoms. The maximum Gasteiger partial charge on any atom is 0.0948 e. The zero-order valence-electron chi connectivity index (χ0n) is 11.1. The third-order valence-electron chi connectivity index (χ3n) is 3.89. The number of nitrogens with zero attached hydrogens (tertiary/aromatic N) is 2. The smallest absolute Gasteiger partial charge is 0.0948 e. The van der Waals surface area contributed by atoms with Crippen LogP contribution in [0.2, 0.25) is 0 Å². The van der Waals surface area contributed by atoms with Gasteiger partial charge < -0.3 is 9.88 Å². The summed E-state index contributed by atoms with van der Waals surface area (Å²) in [6, 6.07) is 0. The zero-order chi connectivity index (χ0) is 12.3. The molecule has 0 aromatic carbocycles. The number of nitrogens with one attached hydrogen (secondary N) is 1. The average Bonchev–Trinajstić information content (AvgIpc) is 2.78. The van der Waals surface area contributed by atoms with Crippen LogP contribution in [-0.2, 0) is 12.0 Å². The number of hydrogen-bond donors (Lipinski definition) is 1. The van der Waals surface area contributed by atoms with Gasteiger partial charge in [0, 0.05) is 29.1 Å². The van der Waals surface area contributed by atoms with Crippen LogP contribution in [0.4, 0.5) is 0 Å². The topological polar surface area (TPSA) is 29.9 Å². The van der Waals surface area contributed by atoms with E-state index in [-0.39, 0.29) is 0 Å². The second kappa shape index (κ2) is 5.44. The van der Waals surface area contributed by atoms with Crippen LogP contribution in [0.5, 0.6) is 0 Å². The first-order valence-electron chi connectivity index (χ1n) is 6.40. The van der Waals surface area contributed by atoms with Crippen molar-refractivity contribution >= 4 is 11.8 Å². The summed E-state index contributed by atoms with van der Waals surface area (Å²) in [5.74, 6) is 0. The van der Waals surface area contributed by atoms with Crippen molar-refractivity contribution < 1.29 is 0 Å². The highest BCUT2D eigenvalue weighted by Gasteiger charge is 2.31. The summed E-state index contributed by atoms with van der Waals surface area (Å²) in [5, 5.41) is 4.09. The second-order valence-corrected chi connectivity index (χ2v) is 6.56. The largest absolute Gasteiger partial charge is 0.333 e. The molecule has 0 bridgehead atoms. The number of rotatable bonds is 4. The van der Waals surface area contributed by atoms with Crippen LogP contribution in [-0.4, -0.2) is 34.1 Å². The molecule has 1 atom stereocenters. The Hall–Kier alpha value is -0.480. The van der Waals surface area contributed by atoms with E-state index in [1.807, 2.05) is 18.1 Å². The van der Waals surface area contributed by atoms with Gasteiger partial charge in [-0.1, -0.05) is 13.8 Å². The molecule has 3 nitrogen and oxygen atoms in total.